The Hall–Kier alpha value is -3.61. The number of para-hydroxylation sites is 1. The van der Waals surface area contributed by atoms with Gasteiger partial charge in [0.05, 0.1) is 25.1 Å². The highest BCUT2D eigenvalue weighted by Crippen LogP contribution is 2.21. The van der Waals surface area contributed by atoms with Gasteiger partial charge in [-0.25, -0.2) is 5.43 Å². The molecule has 0 saturated carbocycles. The Morgan fingerprint density at radius 1 is 1.14 bits per heavy atom. The minimum Gasteiger partial charge on any atom is -0.494 e. The second kappa shape index (κ2) is 10.1. The number of carbonyl (C=O) groups is 1. The van der Waals surface area contributed by atoms with E-state index in [2.05, 4.69) is 27.6 Å². The van der Waals surface area contributed by atoms with Crippen molar-refractivity contribution in [2.75, 3.05) is 13.2 Å². The monoisotopic (exact) mass is 392 g/mol. The summed E-state index contributed by atoms with van der Waals surface area (Å²) in [7, 11) is 0. The van der Waals surface area contributed by atoms with Crippen LogP contribution in [0.5, 0.6) is 11.5 Å². The molecule has 1 heterocycles. The molecule has 7 nitrogen and oxygen atoms in total. The molecule has 0 aliphatic carbocycles. The molecule has 0 unspecified atom stereocenters. The van der Waals surface area contributed by atoms with Crippen LogP contribution >= 0.6 is 0 Å². The zero-order chi connectivity index (χ0) is 20.5. The van der Waals surface area contributed by atoms with Crippen molar-refractivity contribution >= 4 is 12.1 Å². The van der Waals surface area contributed by atoms with Gasteiger partial charge in [-0.05, 0) is 55.8 Å². The number of carbonyl (C=O) groups excluding carboxylic acids is 1. The van der Waals surface area contributed by atoms with Crippen LogP contribution < -0.4 is 14.9 Å². The van der Waals surface area contributed by atoms with E-state index in [1.165, 1.54) is 0 Å². The molecule has 1 aromatic heterocycles. The van der Waals surface area contributed by atoms with Crippen molar-refractivity contribution in [1.29, 1.82) is 0 Å². The Morgan fingerprint density at radius 3 is 2.69 bits per heavy atom. The van der Waals surface area contributed by atoms with Gasteiger partial charge in [0, 0.05) is 11.1 Å². The number of benzene rings is 2. The predicted octanol–water partition coefficient (Wildman–Crippen LogP) is 4.03. The van der Waals surface area contributed by atoms with E-state index in [9.17, 15) is 4.79 Å². The molecule has 0 spiro atoms. The van der Waals surface area contributed by atoms with E-state index in [1.54, 1.807) is 12.3 Å². The van der Waals surface area contributed by atoms with Crippen LogP contribution in [0.1, 0.15) is 36.3 Å². The van der Waals surface area contributed by atoms with E-state index < -0.39 is 0 Å². The van der Waals surface area contributed by atoms with Gasteiger partial charge >= 0.3 is 0 Å². The van der Waals surface area contributed by atoms with Crippen molar-refractivity contribution in [2.24, 2.45) is 5.10 Å². The number of nitrogens with one attached hydrogen (secondary N) is 2. The first kappa shape index (κ1) is 20.1. The van der Waals surface area contributed by atoms with E-state index in [0.717, 1.165) is 23.3 Å². The zero-order valence-electron chi connectivity index (χ0n) is 16.5. The summed E-state index contributed by atoms with van der Waals surface area (Å²) in [5.74, 6) is 1.14. The maximum Gasteiger partial charge on any atom is 0.289 e. The molecule has 150 valence electrons. The van der Waals surface area contributed by atoms with E-state index in [-0.39, 0.29) is 5.91 Å². The van der Waals surface area contributed by atoms with E-state index >= 15 is 0 Å². The zero-order valence-corrected chi connectivity index (χ0v) is 16.5. The number of aromatic nitrogens is 2. The second-order valence-corrected chi connectivity index (χ2v) is 6.21. The third-order valence-corrected chi connectivity index (χ3v) is 4.03. The number of H-pyrrole nitrogens is 1. The standard InChI is InChI=1S/C22H24N4O3/c1-3-13-29-18-11-9-16(10-12-18)19-14-20(25-24-19)22(27)26-23-15-17-7-5-6-8-21(17)28-4-2/h5-12,14-15H,3-4,13H2,1-2H3,(H,24,25)(H,26,27)/b23-15+. The molecular formula is C22H24N4O3. The molecular weight excluding hydrogens is 368 g/mol. The van der Waals surface area contributed by atoms with E-state index in [4.69, 9.17) is 9.47 Å². The van der Waals surface area contributed by atoms with Crippen LogP contribution in [-0.4, -0.2) is 35.5 Å². The molecule has 0 radical (unpaired) electrons. The van der Waals surface area contributed by atoms with Crippen LogP contribution in [0.3, 0.4) is 0 Å². The van der Waals surface area contributed by atoms with Crippen LogP contribution in [0.2, 0.25) is 0 Å². The second-order valence-electron chi connectivity index (χ2n) is 6.21. The summed E-state index contributed by atoms with van der Waals surface area (Å²) in [6.07, 6.45) is 2.51. The molecule has 3 rings (SSSR count). The Balaban J connectivity index is 1.62. The minimum atomic E-state index is -0.378. The summed E-state index contributed by atoms with van der Waals surface area (Å²) in [6, 6.07) is 16.8. The number of rotatable bonds is 9. The Labute approximate surface area is 169 Å². The molecule has 7 heteroatoms. The quantitative estimate of drug-likeness (QED) is 0.425. The van der Waals surface area contributed by atoms with Crippen molar-refractivity contribution in [3.8, 4) is 22.8 Å². The van der Waals surface area contributed by atoms with Crippen molar-refractivity contribution in [3.63, 3.8) is 0 Å². The lowest BCUT2D eigenvalue weighted by atomic mass is 10.1. The van der Waals surface area contributed by atoms with Gasteiger partial charge in [0.25, 0.3) is 5.91 Å². The fraction of sp³-hybridized carbons (Fsp3) is 0.227. The molecule has 0 bridgehead atoms. The summed E-state index contributed by atoms with van der Waals surface area (Å²) in [6.45, 7) is 5.21. The minimum absolute atomic E-state index is 0.321. The normalized spacial score (nSPS) is 10.8. The summed E-state index contributed by atoms with van der Waals surface area (Å²) < 4.78 is 11.1. The molecule has 3 aromatic rings. The maximum absolute atomic E-state index is 12.3. The summed E-state index contributed by atoms with van der Waals surface area (Å²) in [5.41, 5.74) is 5.16. The highest BCUT2D eigenvalue weighted by molar-refractivity contribution is 5.94. The van der Waals surface area contributed by atoms with Crippen LogP contribution in [0.4, 0.5) is 0 Å². The number of ether oxygens (including phenoxy) is 2. The summed E-state index contributed by atoms with van der Waals surface area (Å²) in [5, 5.41) is 11.0. The lowest BCUT2D eigenvalue weighted by molar-refractivity contribution is 0.0950. The number of nitrogens with zero attached hydrogens (tertiary/aromatic N) is 2. The molecule has 0 fully saturated rings. The molecule has 1 amide bonds. The van der Waals surface area contributed by atoms with Gasteiger partial charge in [-0.1, -0.05) is 19.1 Å². The van der Waals surface area contributed by atoms with Gasteiger partial charge in [-0.3, -0.25) is 9.89 Å². The molecule has 0 saturated heterocycles. The Morgan fingerprint density at radius 2 is 1.93 bits per heavy atom. The van der Waals surface area contributed by atoms with Crippen molar-refractivity contribution in [1.82, 2.24) is 15.6 Å². The van der Waals surface area contributed by atoms with Gasteiger partial charge in [-0.2, -0.15) is 10.2 Å². The largest absolute Gasteiger partial charge is 0.494 e. The molecule has 29 heavy (non-hydrogen) atoms. The highest BCUT2D eigenvalue weighted by Gasteiger charge is 2.10. The van der Waals surface area contributed by atoms with Crippen molar-refractivity contribution < 1.29 is 14.3 Å². The molecule has 2 aromatic carbocycles. The third-order valence-electron chi connectivity index (χ3n) is 4.03. The SMILES string of the molecule is CCCOc1ccc(-c2cc(C(=O)N/N=C/c3ccccc3OCC)[nH]n2)cc1. The Bertz CT molecular complexity index is 964. The smallest absolute Gasteiger partial charge is 0.289 e. The van der Waals surface area contributed by atoms with E-state index in [0.29, 0.717) is 30.4 Å². The number of hydrogen-bond acceptors (Lipinski definition) is 5. The average molecular weight is 392 g/mol. The number of hydrogen-bond donors (Lipinski definition) is 2. The lowest BCUT2D eigenvalue weighted by Crippen LogP contribution is -2.18. The molecule has 0 atom stereocenters. The van der Waals surface area contributed by atoms with Gasteiger partial charge in [0.2, 0.25) is 0 Å². The third kappa shape index (κ3) is 5.44. The Kier molecular flexibility index (Phi) is 7.00. The van der Waals surface area contributed by atoms with Gasteiger partial charge in [0.15, 0.2) is 0 Å². The maximum atomic E-state index is 12.3. The predicted molar refractivity (Wildman–Crippen MR) is 112 cm³/mol. The fourth-order valence-corrected chi connectivity index (χ4v) is 2.62. The molecule has 0 aliphatic rings. The van der Waals surface area contributed by atoms with Crippen LogP contribution in [0.25, 0.3) is 11.3 Å². The fourth-order valence-electron chi connectivity index (χ4n) is 2.62. The molecule has 2 N–H and O–H groups in total. The number of hydrazone groups is 1. The van der Waals surface area contributed by atoms with Gasteiger partial charge in [0.1, 0.15) is 17.2 Å². The first-order valence-corrected chi connectivity index (χ1v) is 9.55. The average Bonchev–Trinajstić information content (AvgIpc) is 3.24. The number of amides is 1. The molecule has 0 aliphatic heterocycles. The summed E-state index contributed by atoms with van der Waals surface area (Å²) in [4.78, 5) is 12.3. The number of aromatic amines is 1. The van der Waals surface area contributed by atoms with Crippen LogP contribution in [0, 0.1) is 0 Å². The van der Waals surface area contributed by atoms with Gasteiger partial charge in [-0.15, -0.1) is 0 Å². The van der Waals surface area contributed by atoms with Crippen molar-refractivity contribution in [2.45, 2.75) is 20.3 Å². The van der Waals surface area contributed by atoms with E-state index in [1.807, 2.05) is 55.5 Å². The highest BCUT2D eigenvalue weighted by atomic mass is 16.5. The lowest BCUT2D eigenvalue weighted by Gasteiger charge is -2.05. The first-order valence-electron chi connectivity index (χ1n) is 9.55. The van der Waals surface area contributed by atoms with Crippen LogP contribution in [-0.2, 0) is 0 Å². The van der Waals surface area contributed by atoms with Crippen molar-refractivity contribution in [3.05, 3.63) is 65.9 Å². The summed E-state index contributed by atoms with van der Waals surface area (Å²) >= 11 is 0. The first-order chi connectivity index (χ1) is 14.2. The van der Waals surface area contributed by atoms with Crippen LogP contribution in [0.15, 0.2) is 59.7 Å². The topological polar surface area (TPSA) is 88.6 Å². The van der Waals surface area contributed by atoms with Gasteiger partial charge < -0.3 is 9.47 Å².